The number of ether oxygens (including phenoxy) is 1. The number of carboxylic acid groups (broad SMARTS) is 1. The third kappa shape index (κ3) is 2.34. The molecule has 0 saturated carbocycles. The van der Waals surface area contributed by atoms with Crippen molar-refractivity contribution in [3.63, 3.8) is 0 Å². The Bertz CT molecular complexity index is 552. The van der Waals surface area contributed by atoms with Crippen molar-refractivity contribution < 1.29 is 19.2 Å². The summed E-state index contributed by atoms with van der Waals surface area (Å²) in [7, 11) is 1.58. The Morgan fingerprint density at radius 1 is 1.39 bits per heavy atom. The van der Waals surface area contributed by atoms with E-state index in [2.05, 4.69) is 5.16 Å². The molecule has 2 aromatic rings. The maximum Gasteiger partial charge on any atom is 0.358 e. The number of hydrogen-bond acceptors (Lipinski definition) is 4. The fourth-order valence-electron chi connectivity index (χ4n) is 1.64. The van der Waals surface area contributed by atoms with Crippen molar-refractivity contribution in [2.75, 3.05) is 7.11 Å². The number of rotatable bonds is 4. The van der Waals surface area contributed by atoms with Crippen LogP contribution in [0.4, 0.5) is 0 Å². The van der Waals surface area contributed by atoms with Crippen LogP contribution in [0.5, 0.6) is 5.75 Å². The zero-order valence-electron chi connectivity index (χ0n) is 10.1. The van der Waals surface area contributed by atoms with Crippen LogP contribution in [-0.2, 0) is 6.42 Å². The number of aryl methyl sites for hydroxylation is 1. The van der Waals surface area contributed by atoms with Gasteiger partial charge in [0.2, 0.25) is 0 Å². The molecular formula is C13H13NO4. The Hall–Kier alpha value is -2.30. The Morgan fingerprint density at radius 3 is 2.72 bits per heavy atom. The van der Waals surface area contributed by atoms with Crippen LogP contribution in [0.2, 0.25) is 0 Å². The van der Waals surface area contributed by atoms with Gasteiger partial charge in [0.25, 0.3) is 0 Å². The summed E-state index contributed by atoms with van der Waals surface area (Å²) in [6, 6.07) is 7.04. The van der Waals surface area contributed by atoms with Gasteiger partial charge in [0.1, 0.15) is 5.75 Å². The largest absolute Gasteiger partial charge is 0.497 e. The van der Waals surface area contributed by atoms with Gasteiger partial charge in [-0.2, -0.15) is 0 Å². The molecule has 0 aliphatic carbocycles. The molecule has 2 rings (SSSR count). The van der Waals surface area contributed by atoms with Gasteiger partial charge in [0.15, 0.2) is 11.5 Å². The summed E-state index contributed by atoms with van der Waals surface area (Å²) in [5, 5.41) is 12.3. The lowest BCUT2D eigenvalue weighted by molar-refractivity contribution is 0.0686. The van der Waals surface area contributed by atoms with E-state index in [-0.39, 0.29) is 5.69 Å². The molecule has 0 amide bonds. The fourth-order valence-corrected chi connectivity index (χ4v) is 1.64. The molecule has 5 heteroatoms. The number of methoxy groups -OCH3 is 1. The molecule has 0 aliphatic rings. The third-order valence-corrected chi connectivity index (χ3v) is 2.62. The topological polar surface area (TPSA) is 72.6 Å². The average molecular weight is 247 g/mol. The van der Waals surface area contributed by atoms with Crippen molar-refractivity contribution in [3.05, 3.63) is 35.5 Å². The van der Waals surface area contributed by atoms with Gasteiger partial charge >= 0.3 is 5.97 Å². The van der Waals surface area contributed by atoms with Crippen molar-refractivity contribution in [2.24, 2.45) is 0 Å². The molecule has 0 saturated heterocycles. The highest BCUT2D eigenvalue weighted by atomic mass is 16.5. The molecule has 1 aromatic carbocycles. The summed E-state index contributed by atoms with van der Waals surface area (Å²) in [6.45, 7) is 2.03. The van der Waals surface area contributed by atoms with Crippen molar-refractivity contribution in [1.82, 2.24) is 5.16 Å². The average Bonchev–Trinajstić information content (AvgIpc) is 2.87. The van der Waals surface area contributed by atoms with Crippen molar-refractivity contribution >= 4 is 5.97 Å². The maximum atomic E-state index is 10.7. The maximum absolute atomic E-state index is 10.7. The molecular weight excluding hydrogens is 234 g/mol. The molecule has 0 aliphatic heterocycles. The molecule has 0 fully saturated rings. The molecule has 1 aromatic heterocycles. The first-order valence-electron chi connectivity index (χ1n) is 5.52. The Balaban J connectivity index is 2.45. The zero-order chi connectivity index (χ0) is 13.1. The molecule has 5 nitrogen and oxygen atoms in total. The van der Waals surface area contributed by atoms with E-state index in [1.165, 1.54) is 6.07 Å². The molecule has 94 valence electrons. The van der Waals surface area contributed by atoms with Gasteiger partial charge in [0.05, 0.1) is 7.11 Å². The molecule has 0 bridgehead atoms. The Kier molecular flexibility index (Phi) is 3.32. The van der Waals surface area contributed by atoms with Gasteiger partial charge in [-0.3, -0.25) is 0 Å². The SMILES string of the molecule is CCc1cc(OC)cc(-c2cc(C(=O)O)no2)c1. The van der Waals surface area contributed by atoms with Crippen LogP contribution in [0, 0.1) is 0 Å². The number of aromatic carboxylic acids is 1. The van der Waals surface area contributed by atoms with E-state index < -0.39 is 5.97 Å². The lowest BCUT2D eigenvalue weighted by atomic mass is 10.1. The molecule has 0 radical (unpaired) electrons. The standard InChI is InChI=1S/C13H13NO4/c1-3-8-4-9(6-10(5-8)17-2)12-7-11(13(15)16)14-18-12/h4-7H,3H2,1-2H3,(H,15,16). The molecule has 1 N–H and O–H groups in total. The second-order valence-corrected chi connectivity index (χ2v) is 3.80. The van der Waals surface area contributed by atoms with E-state index in [0.717, 1.165) is 17.5 Å². The van der Waals surface area contributed by atoms with E-state index >= 15 is 0 Å². The highest BCUT2D eigenvalue weighted by Gasteiger charge is 2.13. The fraction of sp³-hybridized carbons (Fsp3) is 0.231. The minimum absolute atomic E-state index is 0.106. The van der Waals surface area contributed by atoms with Crippen molar-refractivity contribution in [2.45, 2.75) is 13.3 Å². The molecule has 0 spiro atoms. The van der Waals surface area contributed by atoms with Crippen LogP contribution in [0.15, 0.2) is 28.8 Å². The smallest absolute Gasteiger partial charge is 0.358 e. The monoisotopic (exact) mass is 247 g/mol. The number of carbonyl (C=O) groups is 1. The second-order valence-electron chi connectivity index (χ2n) is 3.80. The number of hydrogen-bond donors (Lipinski definition) is 1. The van der Waals surface area contributed by atoms with Crippen molar-refractivity contribution in [3.8, 4) is 17.1 Å². The number of carboxylic acids is 1. The lowest BCUT2D eigenvalue weighted by Crippen LogP contribution is -1.94. The normalized spacial score (nSPS) is 10.3. The summed E-state index contributed by atoms with van der Waals surface area (Å²) in [5.41, 5.74) is 1.73. The van der Waals surface area contributed by atoms with E-state index in [1.54, 1.807) is 13.2 Å². The minimum atomic E-state index is -1.11. The molecule has 1 heterocycles. The first kappa shape index (κ1) is 12.2. The first-order chi connectivity index (χ1) is 8.63. The zero-order valence-corrected chi connectivity index (χ0v) is 10.1. The first-order valence-corrected chi connectivity index (χ1v) is 5.52. The van der Waals surface area contributed by atoms with Gasteiger partial charge in [-0.05, 0) is 30.2 Å². The number of nitrogens with zero attached hydrogens (tertiary/aromatic N) is 1. The molecule has 18 heavy (non-hydrogen) atoms. The Morgan fingerprint density at radius 2 is 2.17 bits per heavy atom. The van der Waals surface area contributed by atoms with Gasteiger partial charge < -0.3 is 14.4 Å². The third-order valence-electron chi connectivity index (χ3n) is 2.62. The summed E-state index contributed by atoms with van der Waals surface area (Å²) >= 11 is 0. The lowest BCUT2D eigenvalue weighted by Gasteiger charge is -2.05. The van der Waals surface area contributed by atoms with Crippen LogP contribution in [0.25, 0.3) is 11.3 Å². The van der Waals surface area contributed by atoms with Crippen molar-refractivity contribution in [1.29, 1.82) is 0 Å². The predicted octanol–water partition coefficient (Wildman–Crippen LogP) is 2.61. The van der Waals surface area contributed by atoms with Crippen LogP contribution >= 0.6 is 0 Å². The predicted molar refractivity (Wildman–Crippen MR) is 64.8 cm³/mol. The van der Waals surface area contributed by atoms with Gasteiger partial charge in [-0.25, -0.2) is 4.79 Å². The van der Waals surface area contributed by atoms with E-state index in [1.807, 2.05) is 19.1 Å². The minimum Gasteiger partial charge on any atom is -0.497 e. The van der Waals surface area contributed by atoms with Crippen LogP contribution in [-0.4, -0.2) is 23.3 Å². The Labute approximate surface area is 104 Å². The van der Waals surface area contributed by atoms with Crippen LogP contribution < -0.4 is 4.74 Å². The summed E-state index contributed by atoms with van der Waals surface area (Å²) in [5.74, 6) is 0.0160. The highest BCUT2D eigenvalue weighted by molar-refractivity contribution is 5.86. The van der Waals surface area contributed by atoms with Crippen LogP contribution in [0.1, 0.15) is 23.0 Å². The van der Waals surface area contributed by atoms with Gasteiger partial charge in [-0.15, -0.1) is 0 Å². The quantitative estimate of drug-likeness (QED) is 0.899. The van der Waals surface area contributed by atoms with Crippen LogP contribution in [0.3, 0.4) is 0 Å². The summed E-state index contributed by atoms with van der Waals surface area (Å²) in [6.07, 6.45) is 0.851. The second kappa shape index (κ2) is 4.91. The summed E-state index contributed by atoms with van der Waals surface area (Å²) < 4.78 is 10.2. The van der Waals surface area contributed by atoms with E-state index in [0.29, 0.717) is 11.5 Å². The van der Waals surface area contributed by atoms with Gasteiger partial charge in [-0.1, -0.05) is 12.1 Å². The summed E-state index contributed by atoms with van der Waals surface area (Å²) in [4.78, 5) is 10.7. The molecule has 0 unspecified atom stereocenters. The number of aromatic nitrogens is 1. The van der Waals surface area contributed by atoms with Gasteiger partial charge in [0, 0.05) is 11.6 Å². The van der Waals surface area contributed by atoms with E-state index in [4.69, 9.17) is 14.4 Å². The highest BCUT2D eigenvalue weighted by Crippen LogP contribution is 2.27. The number of benzene rings is 1. The molecule has 0 atom stereocenters. The van der Waals surface area contributed by atoms with E-state index in [9.17, 15) is 4.79 Å².